The van der Waals surface area contributed by atoms with Crippen molar-refractivity contribution in [3.05, 3.63) is 66.0 Å². The molecule has 1 amide bonds. The van der Waals surface area contributed by atoms with Gasteiger partial charge in [0, 0.05) is 31.9 Å². The van der Waals surface area contributed by atoms with Crippen molar-refractivity contribution in [2.75, 3.05) is 31.1 Å². The number of hydrogen-bond donors (Lipinski definition) is 0. The summed E-state index contributed by atoms with van der Waals surface area (Å²) in [5, 5.41) is 11.2. The second kappa shape index (κ2) is 6.95. The molecule has 1 aliphatic heterocycles. The number of anilines is 1. The fraction of sp³-hybridized carbons (Fsp3) is 0.263. The third kappa shape index (κ3) is 3.15. The molecule has 1 fully saturated rings. The van der Waals surface area contributed by atoms with Crippen molar-refractivity contribution in [2.45, 2.75) is 6.92 Å². The molecule has 132 valence electrons. The Kier molecular flexibility index (Phi) is 4.35. The van der Waals surface area contributed by atoms with Crippen LogP contribution in [0.5, 0.6) is 0 Å². The number of hydrogen-bond acceptors (Lipinski definition) is 5. The summed E-state index contributed by atoms with van der Waals surface area (Å²) in [5.41, 5.74) is 3.77. The van der Waals surface area contributed by atoms with Gasteiger partial charge in [-0.25, -0.2) is 0 Å². The highest BCUT2D eigenvalue weighted by atomic mass is 16.2. The van der Waals surface area contributed by atoms with Crippen molar-refractivity contribution in [1.82, 2.24) is 25.1 Å². The first-order valence-corrected chi connectivity index (χ1v) is 8.65. The van der Waals surface area contributed by atoms with Crippen molar-refractivity contribution in [2.24, 2.45) is 0 Å². The minimum absolute atomic E-state index is 0.0139. The third-order valence-corrected chi connectivity index (χ3v) is 4.66. The molecule has 3 aromatic rings. The van der Waals surface area contributed by atoms with Gasteiger partial charge in [0.2, 0.25) is 0 Å². The smallest absolute Gasteiger partial charge is 0.256 e. The van der Waals surface area contributed by atoms with Crippen molar-refractivity contribution in [3.8, 4) is 5.69 Å². The van der Waals surface area contributed by atoms with Gasteiger partial charge in [-0.15, -0.1) is 5.10 Å². The van der Waals surface area contributed by atoms with E-state index in [2.05, 4.69) is 51.6 Å². The molecule has 1 saturated heterocycles. The van der Waals surface area contributed by atoms with E-state index in [-0.39, 0.29) is 5.91 Å². The molecule has 2 heterocycles. The van der Waals surface area contributed by atoms with Crippen LogP contribution in [0.1, 0.15) is 15.9 Å². The second-order valence-electron chi connectivity index (χ2n) is 6.39. The Balaban J connectivity index is 1.50. The standard InChI is InChI=1S/C19H20N6O/c1-15-5-4-6-16(13-15)23-9-11-24(12-10-23)19(26)17-7-2-3-8-18(17)25-14-20-21-22-25/h2-8,13-14H,9-12H2,1H3. The van der Waals surface area contributed by atoms with E-state index in [0.29, 0.717) is 24.3 Å². The summed E-state index contributed by atoms with van der Waals surface area (Å²) in [7, 11) is 0. The zero-order valence-electron chi connectivity index (χ0n) is 14.6. The zero-order chi connectivity index (χ0) is 17.9. The molecular weight excluding hydrogens is 328 g/mol. The minimum atomic E-state index is 0.0139. The van der Waals surface area contributed by atoms with Gasteiger partial charge in [-0.3, -0.25) is 4.79 Å². The molecule has 7 nitrogen and oxygen atoms in total. The highest BCUT2D eigenvalue weighted by molar-refractivity contribution is 5.97. The van der Waals surface area contributed by atoms with Gasteiger partial charge in [0.25, 0.3) is 5.91 Å². The predicted molar refractivity (Wildman–Crippen MR) is 98.4 cm³/mol. The van der Waals surface area contributed by atoms with Crippen LogP contribution in [-0.2, 0) is 0 Å². The molecule has 0 atom stereocenters. The SMILES string of the molecule is Cc1cccc(N2CCN(C(=O)c3ccccc3-n3cnnn3)CC2)c1. The lowest BCUT2D eigenvalue weighted by Crippen LogP contribution is -2.49. The minimum Gasteiger partial charge on any atom is -0.368 e. The van der Waals surface area contributed by atoms with E-state index in [1.165, 1.54) is 22.3 Å². The Morgan fingerprint density at radius 3 is 2.54 bits per heavy atom. The Bertz CT molecular complexity index is 900. The highest BCUT2D eigenvalue weighted by Gasteiger charge is 2.24. The number of amides is 1. The molecule has 2 aromatic carbocycles. The van der Waals surface area contributed by atoms with Crippen LogP contribution < -0.4 is 4.90 Å². The van der Waals surface area contributed by atoms with Crippen molar-refractivity contribution >= 4 is 11.6 Å². The maximum absolute atomic E-state index is 13.0. The Morgan fingerprint density at radius 2 is 1.81 bits per heavy atom. The molecule has 0 aliphatic carbocycles. The van der Waals surface area contributed by atoms with Crippen LogP contribution in [-0.4, -0.2) is 57.2 Å². The molecule has 4 rings (SSSR count). The van der Waals surface area contributed by atoms with E-state index in [9.17, 15) is 4.79 Å². The summed E-state index contributed by atoms with van der Waals surface area (Å²) in [6.07, 6.45) is 1.50. The lowest BCUT2D eigenvalue weighted by Gasteiger charge is -2.36. The van der Waals surface area contributed by atoms with E-state index in [1.807, 2.05) is 29.2 Å². The zero-order valence-corrected chi connectivity index (χ0v) is 14.6. The van der Waals surface area contributed by atoms with E-state index >= 15 is 0 Å². The number of tetrazole rings is 1. The van der Waals surface area contributed by atoms with E-state index < -0.39 is 0 Å². The van der Waals surface area contributed by atoms with Crippen LogP contribution in [0.15, 0.2) is 54.9 Å². The van der Waals surface area contributed by atoms with Gasteiger partial charge in [0.05, 0.1) is 11.3 Å². The number of rotatable bonds is 3. The van der Waals surface area contributed by atoms with Crippen LogP contribution >= 0.6 is 0 Å². The molecule has 7 heteroatoms. The molecule has 26 heavy (non-hydrogen) atoms. The summed E-state index contributed by atoms with van der Waals surface area (Å²) >= 11 is 0. The Hall–Kier alpha value is -3.22. The predicted octanol–water partition coefficient (Wildman–Crippen LogP) is 1.93. The third-order valence-electron chi connectivity index (χ3n) is 4.66. The first kappa shape index (κ1) is 16.3. The van der Waals surface area contributed by atoms with Gasteiger partial charge in [0.15, 0.2) is 0 Å². The quantitative estimate of drug-likeness (QED) is 0.724. The van der Waals surface area contributed by atoms with Crippen molar-refractivity contribution in [1.29, 1.82) is 0 Å². The highest BCUT2D eigenvalue weighted by Crippen LogP contribution is 2.20. The maximum Gasteiger partial charge on any atom is 0.256 e. The van der Waals surface area contributed by atoms with Gasteiger partial charge in [0.1, 0.15) is 6.33 Å². The van der Waals surface area contributed by atoms with Gasteiger partial charge in [-0.2, -0.15) is 4.68 Å². The fourth-order valence-electron chi connectivity index (χ4n) is 3.29. The lowest BCUT2D eigenvalue weighted by molar-refractivity contribution is 0.0746. The van der Waals surface area contributed by atoms with Gasteiger partial charge >= 0.3 is 0 Å². The first-order chi connectivity index (χ1) is 12.7. The summed E-state index contributed by atoms with van der Waals surface area (Å²) < 4.78 is 1.52. The van der Waals surface area contributed by atoms with Crippen LogP contribution in [0.2, 0.25) is 0 Å². The average Bonchev–Trinajstić information content (AvgIpc) is 3.22. The number of piperazine rings is 1. The number of carbonyl (C=O) groups is 1. The summed E-state index contributed by atoms with van der Waals surface area (Å²) in [5.74, 6) is 0.0139. The topological polar surface area (TPSA) is 67.2 Å². The molecule has 0 bridgehead atoms. The van der Waals surface area contributed by atoms with Gasteiger partial charge < -0.3 is 9.80 Å². The van der Waals surface area contributed by atoms with Crippen molar-refractivity contribution < 1.29 is 4.79 Å². The van der Waals surface area contributed by atoms with E-state index in [0.717, 1.165) is 13.1 Å². The molecule has 0 saturated carbocycles. The Morgan fingerprint density at radius 1 is 1.00 bits per heavy atom. The van der Waals surface area contributed by atoms with Crippen LogP contribution in [0.25, 0.3) is 5.69 Å². The molecule has 1 aromatic heterocycles. The van der Waals surface area contributed by atoms with Crippen LogP contribution in [0.4, 0.5) is 5.69 Å². The number of para-hydroxylation sites is 1. The monoisotopic (exact) mass is 348 g/mol. The van der Waals surface area contributed by atoms with Gasteiger partial charge in [-0.1, -0.05) is 24.3 Å². The van der Waals surface area contributed by atoms with E-state index in [1.54, 1.807) is 0 Å². The largest absolute Gasteiger partial charge is 0.368 e. The number of benzene rings is 2. The number of aryl methyl sites for hydroxylation is 1. The number of nitrogens with zero attached hydrogens (tertiary/aromatic N) is 6. The first-order valence-electron chi connectivity index (χ1n) is 8.65. The summed E-state index contributed by atoms with van der Waals surface area (Å²) in [4.78, 5) is 17.3. The van der Waals surface area contributed by atoms with E-state index in [4.69, 9.17) is 0 Å². The number of aromatic nitrogens is 4. The molecule has 0 radical (unpaired) electrons. The number of carbonyl (C=O) groups excluding carboxylic acids is 1. The molecular formula is C19H20N6O. The van der Waals surface area contributed by atoms with Crippen LogP contribution in [0.3, 0.4) is 0 Å². The van der Waals surface area contributed by atoms with Crippen LogP contribution in [0, 0.1) is 6.92 Å². The second-order valence-corrected chi connectivity index (χ2v) is 6.39. The summed E-state index contributed by atoms with van der Waals surface area (Å²) in [6, 6.07) is 15.9. The maximum atomic E-state index is 13.0. The Labute approximate surface area is 151 Å². The molecule has 0 spiro atoms. The summed E-state index contributed by atoms with van der Waals surface area (Å²) in [6.45, 7) is 5.12. The fourth-order valence-corrected chi connectivity index (χ4v) is 3.29. The normalized spacial score (nSPS) is 14.5. The lowest BCUT2D eigenvalue weighted by atomic mass is 10.1. The molecule has 1 aliphatic rings. The molecule has 0 unspecified atom stereocenters. The van der Waals surface area contributed by atoms with Crippen molar-refractivity contribution in [3.63, 3.8) is 0 Å². The van der Waals surface area contributed by atoms with Gasteiger partial charge in [-0.05, 0) is 47.2 Å². The molecule has 0 N–H and O–H groups in total. The average molecular weight is 348 g/mol.